The molecule has 5 aliphatic heterocycles. The van der Waals surface area contributed by atoms with Crippen LogP contribution < -0.4 is 33.9 Å². The lowest BCUT2D eigenvalue weighted by Crippen LogP contribution is -2.41. The summed E-state index contributed by atoms with van der Waals surface area (Å²) in [5.74, 6) is -2.86. The second-order valence-electron chi connectivity index (χ2n) is 19.4. The molecule has 10 heterocycles. The van der Waals surface area contributed by atoms with Crippen LogP contribution in [0.4, 0.5) is 32.2 Å². The minimum Gasteiger partial charge on any atom is -0.396 e. The molecule has 6 aliphatic rings. The highest BCUT2D eigenvalue weighted by molar-refractivity contribution is 6.28. The van der Waals surface area contributed by atoms with Gasteiger partial charge in [-0.25, -0.2) is 24.5 Å². The lowest BCUT2D eigenvalue weighted by Gasteiger charge is -2.20. The average molecular weight is 1190 g/mol. The first kappa shape index (κ1) is 63.2. The van der Waals surface area contributed by atoms with Crippen LogP contribution in [-0.2, 0) is 18.9 Å². The van der Waals surface area contributed by atoms with E-state index < -0.39 is 104 Å². The number of nitrogens with one attached hydrogen (secondary N) is 1. The summed E-state index contributed by atoms with van der Waals surface area (Å²) in [6.07, 6.45) is -4.09. The predicted octanol–water partition coefficient (Wildman–Crippen LogP) is -4.16. The Hall–Kier alpha value is -6.39. The molecule has 0 aromatic carbocycles. The van der Waals surface area contributed by atoms with Gasteiger partial charge in [-0.3, -0.25) is 23.3 Å². The van der Waals surface area contributed by atoms with Gasteiger partial charge in [0, 0.05) is 31.4 Å². The first-order valence-corrected chi connectivity index (χ1v) is 25.7. The third-order valence-electron chi connectivity index (χ3n) is 14.0. The van der Waals surface area contributed by atoms with Gasteiger partial charge in [-0.05, 0) is 30.0 Å². The zero-order chi connectivity index (χ0) is 59.9. The molecule has 0 amide bonds. The molecule has 5 aromatic rings. The molecule has 5 fully saturated rings. The van der Waals surface area contributed by atoms with Crippen LogP contribution in [0.1, 0.15) is 69.3 Å². The third kappa shape index (κ3) is 14.0. The van der Waals surface area contributed by atoms with Crippen molar-refractivity contribution in [3.8, 4) is 0 Å². The number of nitrogens with two attached hydrogens (primary N) is 3. The van der Waals surface area contributed by atoms with Gasteiger partial charge in [-0.1, -0.05) is 19.1 Å². The van der Waals surface area contributed by atoms with Crippen LogP contribution in [0.2, 0.25) is 5.28 Å². The molecule has 452 valence electrons. The fraction of sp³-hybridized carbons (Fsp3) is 0.609. The Bertz CT molecular complexity index is 3110. The summed E-state index contributed by atoms with van der Waals surface area (Å²) >= 11 is 5.77. The summed E-state index contributed by atoms with van der Waals surface area (Å²) in [5.41, 5.74) is 16.9. The Labute approximate surface area is 467 Å². The first-order valence-electron chi connectivity index (χ1n) is 25.3. The van der Waals surface area contributed by atoms with E-state index in [9.17, 15) is 49.0 Å². The molecule has 18 N–H and O–H groups in total. The second-order valence-corrected chi connectivity index (χ2v) is 19.8. The molecule has 1 aliphatic carbocycles. The van der Waals surface area contributed by atoms with E-state index in [4.69, 9.17) is 73.3 Å². The van der Waals surface area contributed by atoms with Crippen LogP contribution in [0.25, 0.3) is 11.2 Å². The number of aliphatic hydroxyl groups excluding tert-OH is 11. The minimum absolute atomic E-state index is 0.0176. The number of halogens is 3. The predicted molar refractivity (Wildman–Crippen MR) is 279 cm³/mol. The molecular formula is C46H65ClF2N16O17. The van der Waals surface area contributed by atoms with Gasteiger partial charge >= 0.3 is 17.3 Å². The molecule has 16 atom stereocenters. The van der Waals surface area contributed by atoms with E-state index in [2.05, 4.69) is 51.8 Å². The van der Waals surface area contributed by atoms with Gasteiger partial charge in [0.05, 0.1) is 83.0 Å². The maximum Gasteiger partial charge on any atom is 0.354 e. The first-order chi connectivity index (χ1) is 39.0. The van der Waals surface area contributed by atoms with Crippen molar-refractivity contribution in [2.75, 3.05) is 62.1 Å². The second kappa shape index (κ2) is 27.3. The van der Waals surface area contributed by atoms with E-state index >= 15 is 0 Å². The fourth-order valence-corrected chi connectivity index (χ4v) is 9.58. The van der Waals surface area contributed by atoms with Crippen molar-refractivity contribution in [2.45, 2.75) is 124 Å². The summed E-state index contributed by atoms with van der Waals surface area (Å²) < 4.78 is 53.5. The van der Waals surface area contributed by atoms with Gasteiger partial charge in [-0.15, -0.1) is 0 Å². The van der Waals surface area contributed by atoms with Gasteiger partial charge in [0.15, 0.2) is 17.6 Å². The van der Waals surface area contributed by atoms with E-state index in [0.29, 0.717) is 46.0 Å². The Balaban J connectivity index is 0.000000150. The molecule has 1 saturated carbocycles. The number of aliphatic hydroxyl groups is 11. The van der Waals surface area contributed by atoms with Gasteiger partial charge in [0.2, 0.25) is 17.5 Å². The number of nitrogen functional groups attached to an aromatic ring is 3. The van der Waals surface area contributed by atoms with Crippen LogP contribution in [0.3, 0.4) is 0 Å². The number of aliphatic imine (C=N–C) groups is 1. The van der Waals surface area contributed by atoms with Crippen LogP contribution >= 0.6 is 11.6 Å². The zero-order valence-electron chi connectivity index (χ0n) is 43.6. The lowest BCUT2D eigenvalue weighted by atomic mass is 10.0. The lowest BCUT2D eigenvalue weighted by molar-refractivity contribution is -0.140. The molecular weight excluding hydrogens is 1120 g/mol. The van der Waals surface area contributed by atoms with Crippen molar-refractivity contribution >= 4 is 52.5 Å². The molecule has 36 heteroatoms. The number of aromatic nitrogens is 11. The van der Waals surface area contributed by atoms with Gasteiger partial charge in [0.25, 0.3) is 0 Å². The summed E-state index contributed by atoms with van der Waals surface area (Å²) in [5, 5.41) is 105. The van der Waals surface area contributed by atoms with Crippen LogP contribution in [0.15, 0.2) is 58.0 Å². The molecule has 0 bridgehead atoms. The molecule has 0 spiro atoms. The van der Waals surface area contributed by atoms with E-state index in [-0.39, 0.29) is 74.3 Å². The van der Waals surface area contributed by atoms with Crippen LogP contribution in [-0.4, -0.2) is 216 Å². The largest absolute Gasteiger partial charge is 0.396 e. The average Bonchev–Trinajstić information content (AvgIpc) is 4.52. The summed E-state index contributed by atoms with van der Waals surface area (Å²) in [6.45, 7) is 4.56. The Morgan fingerprint density at radius 2 is 1.24 bits per heavy atom. The normalized spacial score (nSPS) is 31.6. The number of hydrogen-bond donors (Lipinski definition) is 15. The quantitative estimate of drug-likeness (QED) is 0.0492. The number of ether oxygens (including phenoxy) is 4. The summed E-state index contributed by atoms with van der Waals surface area (Å²) in [7, 11) is 0. The highest BCUT2D eigenvalue weighted by Crippen LogP contribution is 2.42. The van der Waals surface area contributed by atoms with Crippen molar-refractivity contribution in [3.05, 3.63) is 75.3 Å². The van der Waals surface area contributed by atoms with Gasteiger partial charge in [-0.2, -0.15) is 28.7 Å². The number of fused-ring (bicyclic) bond motifs is 2. The third-order valence-corrected chi connectivity index (χ3v) is 14.2. The smallest absolute Gasteiger partial charge is 0.354 e. The standard InChI is InChI=1S/C11H16N4O4.C10H12ClN5O3.C9H11F2N3O4.C8H12N4O4.C8H14O2/c16-3-8-6(17)1-9(19-8)15-5-14-10-7(18)2-12-4-13-11(10)15;11-10-14-8(12)7-9(15-10)16(3-13-7)6-1-4(18)5(2-17)19-6;10-9(11)6(16)4(3-15)18-7(9)14-2-1-5(12)13-8(14)17;9-7-10-3-12(8(15)11-7)6-1-4(14)5(2-13)16-6;1-5-3-8(10)7(4-9)6(5)2/h4-9,16-18H,1-3H2,(H,12,13);3-6,17-18H,1-2H2,(H2,12,14,15);1-2,4,6-7,15-16H,3H2,(H2,12,13,17);3-6,13-14H,1-2H2,(H2,9,11,15);5,7-10H,2-4H2,1H3/t6-,7+,8+,9+;4-,5+,6+;;4-,5+,6+;5-,7-,8-/m00.00/s1. The summed E-state index contributed by atoms with van der Waals surface area (Å²) in [4.78, 5) is 53.4. The number of alkyl halides is 2. The fourth-order valence-electron chi connectivity index (χ4n) is 9.41. The Morgan fingerprint density at radius 1 is 0.695 bits per heavy atom. The van der Waals surface area contributed by atoms with Crippen LogP contribution in [0.5, 0.6) is 0 Å². The minimum atomic E-state index is -3.71. The summed E-state index contributed by atoms with van der Waals surface area (Å²) in [6, 6.07) is 1.15. The number of nitrogens with zero attached hydrogens (tertiary/aromatic N) is 12. The van der Waals surface area contributed by atoms with E-state index in [1.54, 1.807) is 15.5 Å². The maximum absolute atomic E-state index is 13.7. The molecule has 5 aromatic heterocycles. The molecule has 4 saturated heterocycles. The maximum atomic E-state index is 13.7. The topological polar surface area (TPSA) is 506 Å². The van der Waals surface area contributed by atoms with Gasteiger partial charge < -0.3 is 97.6 Å². The van der Waals surface area contributed by atoms with Crippen LogP contribution in [0, 0.1) is 11.8 Å². The molecule has 33 nitrogen and oxygen atoms in total. The zero-order valence-corrected chi connectivity index (χ0v) is 44.3. The molecule has 11 rings (SSSR count). The number of hydrogen-bond acceptors (Lipinski definition) is 29. The van der Waals surface area contributed by atoms with Crippen molar-refractivity contribution in [2.24, 2.45) is 16.8 Å². The van der Waals surface area contributed by atoms with E-state index in [1.165, 1.54) is 19.0 Å². The monoisotopic (exact) mass is 1190 g/mol. The Morgan fingerprint density at radius 3 is 1.74 bits per heavy atom. The Kier molecular flexibility index (Phi) is 21.1. The van der Waals surface area contributed by atoms with Crippen molar-refractivity contribution in [3.63, 3.8) is 0 Å². The highest BCUT2D eigenvalue weighted by Gasteiger charge is 2.59. The van der Waals surface area contributed by atoms with Gasteiger partial charge in [0.1, 0.15) is 78.4 Å². The number of imidazole rings is 2. The van der Waals surface area contributed by atoms with E-state index in [1.807, 2.05) is 6.92 Å². The highest BCUT2D eigenvalue weighted by atomic mass is 35.5. The van der Waals surface area contributed by atoms with E-state index in [0.717, 1.165) is 28.8 Å². The van der Waals surface area contributed by atoms with Crippen molar-refractivity contribution < 1.29 is 83.9 Å². The molecule has 0 radical (unpaired) electrons. The SMILES string of the molecule is C=C1[C@@H](C)C[C@H](O)[C@H]1CO.Nc1ccn(C2OC(CO)C(O)C2(F)F)c(=O)n1.Nc1nc(Cl)nc2c1ncn2[C@H]1C[C@H](O)[C@@H](CO)O1.Nc1ncn([C@H]2C[C@H](O)[C@@H](CO)O2)c(=O)n1.OC[C@H]1O[C@@H](n2cnc3c2NC=NC[C@H]3O)C[C@@H]1O. The van der Waals surface area contributed by atoms with Crippen molar-refractivity contribution in [1.29, 1.82) is 0 Å². The number of anilines is 4. The van der Waals surface area contributed by atoms with Crippen molar-refractivity contribution in [1.82, 2.24) is 53.2 Å². The number of rotatable bonds is 9. The molecule has 82 heavy (non-hydrogen) atoms. The molecule has 3 unspecified atom stereocenters.